The first-order chi connectivity index (χ1) is 12.5. The Balaban J connectivity index is 2.01. The van der Waals surface area contributed by atoms with Crippen LogP contribution >= 0.6 is 23.2 Å². The van der Waals surface area contributed by atoms with E-state index in [1.54, 1.807) is 24.3 Å². The van der Waals surface area contributed by atoms with Crippen molar-refractivity contribution in [3.63, 3.8) is 0 Å². The summed E-state index contributed by atoms with van der Waals surface area (Å²) in [6, 6.07) is 11.4. The summed E-state index contributed by atoms with van der Waals surface area (Å²) < 4.78 is 5.85. The molecule has 0 spiro atoms. The molecule has 0 amide bonds. The number of aromatic nitrogens is 2. The Morgan fingerprint density at radius 2 is 1.92 bits per heavy atom. The van der Waals surface area contributed by atoms with Crippen LogP contribution in [0, 0.1) is 11.3 Å². The first-order valence-corrected chi connectivity index (χ1v) is 8.04. The Labute approximate surface area is 156 Å². The van der Waals surface area contributed by atoms with Gasteiger partial charge in [0.05, 0.1) is 27.2 Å². The van der Waals surface area contributed by atoms with Crippen molar-refractivity contribution in [2.75, 3.05) is 6.61 Å². The molecule has 0 aliphatic heterocycles. The van der Waals surface area contributed by atoms with Gasteiger partial charge in [0.1, 0.15) is 6.07 Å². The second-order valence-electron chi connectivity index (χ2n) is 5.10. The molecule has 3 rings (SSSR count). The predicted molar refractivity (Wildman–Crippen MR) is 99.4 cm³/mol. The fourth-order valence-electron chi connectivity index (χ4n) is 2.28. The standard InChI is InChI=1S/C17H10Cl2N4O3/c18-12-7-10(8-13(19)15(12)26-6-5-20)9-21-23-16(24)11-3-1-2-4-14(11)22-17(23)25/h1-4,7-9H,6H2,(H,22,25). The van der Waals surface area contributed by atoms with Crippen LogP contribution in [0.2, 0.25) is 10.0 Å². The third-order valence-corrected chi connectivity index (χ3v) is 3.97. The SMILES string of the molecule is N#CCOc1c(Cl)cc(C=Nn2c(=O)[nH]c3ccccc3c2=O)cc1Cl. The van der Waals surface area contributed by atoms with E-state index in [0.717, 1.165) is 0 Å². The van der Waals surface area contributed by atoms with Gasteiger partial charge >= 0.3 is 5.69 Å². The van der Waals surface area contributed by atoms with Gasteiger partial charge in [0.15, 0.2) is 12.4 Å². The summed E-state index contributed by atoms with van der Waals surface area (Å²) in [5.74, 6) is 0.174. The zero-order chi connectivity index (χ0) is 18.7. The molecule has 7 nitrogen and oxygen atoms in total. The van der Waals surface area contributed by atoms with Gasteiger partial charge in [0.25, 0.3) is 5.56 Å². The molecule has 2 aromatic carbocycles. The molecular formula is C17H10Cl2N4O3. The summed E-state index contributed by atoms with van der Waals surface area (Å²) in [4.78, 5) is 27.1. The molecule has 0 saturated carbocycles. The molecule has 9 heteroatoms. The van der Waals surface area contributed by atoms with Crippen molar-refractivity contribution in [1.29, 1.82) is 5.26 Å². The van der Waals surface area contributed by atoms with Crippen molar-refractivity contribution >= 4 is 40.3 Å². The number of nitrogens with zero attached hydrogens (tertiary/aromatic N) is 3. The van der Waals surface area contributed by atoms with Crippen molar-refractivity contribution < 1.29 is 4.74 Å². The number of nitrogens with one attached hydrogen (secondary N) is 1. The minimum absolute atomic E-state index is 0.174. The van der Waals surface area contributed by atoms with Crippen LogP contribution in [0.25, 0.3) is 10.9 Å². The molecule has 0 aliphatic rings. The Kier molecular flexibility index (Phi) is 5.07. The molecule has 1 heterocycles. The average Bonchev–Trinajstić information content (AvgIpc) is 2.61. The monoisotopic (exact) mass is 388 g/mol. The van der Waals surface area contributed by atoms with E-state index in [1.165, 1.54) is 18.3 Å². The summed E-state index contributed by atoms with van der Waals surface area (Å²) in [5.41, 5.74) is -0.342. The quantitative estimate of drug-likeness (QED) is 0.694. The van der Waals surface area contributed by atoms with Crippen LogP contribution in [0.1, 0.15) is 5.56 Å². The van der Waals surface area contributed by atoms with E-state index in [9.17, 15) is 9.59 Å². The second kappa shape index (κ2) is 7.44. The number of aromatic amines is 1. The topological polar surface area (TPSA) is 100 Å². The molecule has 0 unspecified atom stereocenters. The Hall–Kier alpha value is -3.08. The Morgan fingerprint density at radius 1 is 1.23 bits per heavy atom. The number of halogens is 2. The van der Waals surface area contributed by atoms with Crippen LogP contribution in [-0.4, -0.2) is 22.5 Å². The largest absolute Gasteiger partial charge is 0.476 e. The van der Waals surface area contributed by atoms with Crippen molar-refractivity contribution in [3.8, 4) is 11.8 Å². The lowest BCUT2D eigenvalue weighted by atomic mass is 10.2. The fraction of sp³-hybridized carbons (Fsp3) is 0.0588. The van der Waals surface area contributed by atoms with Gasteiger partial charge in [-0.1, -0.05) is 35.3 Å². The molecule has 1 N–H and O–H groups in total. The van der Waals surface area contributed by atoms with Crippen molar-refractivity contribution in [2.24, 2.45) is 5.10 Å². The van der Waals surface area contributed by atoms with Crippen LogP contribution in [0.5, 0.6) is 5.75 Å². The number of hydrogen-bond acceptors (Lipinski definition) is 5. The van der Waals surface area contributed by atoms with Gasteiger partial charge in [-0.05, 0) is 29.8 Å². The number of fused-ring (bicyclic) bond motifs is 1. The zero-order valence-electron chi connectivity index (χ0n) is 13.1. The zero-order valence-corrected chi connectivity index (χ0v) is 14.6. The summed E-state index contributed by atoms with van der Waals surface area (Å²) >= 11 is 12.2. The third-order valence-electron chi connectivity index (χ3n) is 3.41. The van der Waals surface area contributed by atoms with Gasteiger partial charge in [0.2, 0.25) is 0 Å². The van der Waals surface area contributed by atoms with Crippen LogP contribution < -0.4 is 16.0 Å². The first kappa shape index (κ1) is 17.7. The van der Waals surface area contributed by atoms with Crippen molar-refractivity contribution in [2.45, 2.75) is 0 Å². The van der Waals surface area contributed by atoms with Gasteiger partial charge in [-0.25, -0.2) is 4.79 Å². The number of benzene rings is 2. The molecule has 0 fully saturated rings. The normalized spacial score (nSPS) is 11.0. The lowest BCUT2D eigenvalue weighted by Crippen LogP contribution is -2.32. The van der Waals surface area contributed by atoms with Crippen LogP contribution in [0.15, 0.2) is 51.1 Å². The summed E-state index contributed by atoms with van der Waals surface area (Å²) in [6.45, 7) is -0.200. The number of rotatable bonds is 4. The Bertz CT molecular complexity index is 1150. The summed E-state index contributed by atoms with van der Waals surface area (Å²) in [5, 5.41) is 13.2. The van der Waals surface area contributed by atoms with E-state index < -0.39 is 11.2 Å². The lowest BCUT2D eigenvalue weighted by molar-refractivity contribution is 0.368. The number of ether oxygens (including phenoxy) is 1. The van der Waals surface area contributed by atoms with Crippen molar-refractivity contribution in [1.82, 2.24) is 9.66 Å². The number of nitriles is 1. The highest BCUT2D eigenvalue weighted by Gasteiger charge is 2.10. The minimum atomic E-state index is -0.670. The minimum Gasteiger partial charge on any atom is -0.476 e. The molecule has 130 valence electrons. The van der Waals surface area contributed by atoms with Crippen molar-refractivity contribution in [3.05, 3.63) is 72.8 Å². The van der Waals surface area contributed by atoms with E-state index >= 15 is 0 Å². The van der Waals surface area contributed by atoms with E-state index in [4.69, 9.17) is 33.2 Å². The number of hydrogen-bond donors (Lipinski definition) is 1. The van der Waals surface area contributed by atoms with Crippen LogP contribution in [-0.2, 0) is 0 Å². The molecule has 0 saturated heterocycles. The molecule has 0 atom stereocenters. The fourth-order valence-corrected chi connectivity index (χ4v) is 2.89. The number of H-pyrrole nitrogens is 1. The molecule has 0 bridgehead atoms. The molecular weight excluding hydrogens is 379 g/mol. The maximum atomic E-state index is 12.4. The Morgan fingerprint density at radius 3 is 2.62 bits per heavy atom. The van der Waals surface area contributed by atoms with Crippen LogP contribution in [0.3, 0.4) is 0 Å². The lowest BCUT2D eigenvalue weighted by Gasteiger charge is -2.07. The van der Waals surface area contributed by atoms with Gasteiger partial charge in [-0.15, -0.1) is 4.68 Å². The van der Waals surface area contributed by atoms with Gasteiger partial charge in [-0.2, -0.15) is 10.4 Å². The van der Waals surface area contributed by atoms with E-state index in [-0.39, 0.29) is 22.4 Å². The highest BCUT2D eigenvalue weighted by Crippen LogP contribution is 2.33. The molecule has 0 radical (unpaired) electrons. The number of para-hydroxylation sites is 1. The molecule has 1 aromatic heterocycles. The maximum Gasteiger partial charge on any atom is 0.349 e. The third kappa shape index (κ3) is 3.47. The molecule has 26 heavy (non-hydrogen) atoms. The highest BCUT2D eigenvalue weighted by atomic mass is 35.5. The van der Waals surface area contributed by atoms with E-state index in [2.05, 4.69) is 10.1 Å². The maximum absolute atomic E-state index is 12.4. The summed E-state index contributed by atoms with van der Waals surface area (Å²) in [6.07, 6.45) is 1.28. The predicted octanol–water partition coefficient (Wildman–Crippen LogP) is 2.78. The molecule has 0 aliphatic carbocycles. The van der Waals surface area contributed by atoms with Gasteiger partial charge < -0.3 is 9.72 Å². The van der Waals surface area contributed by atoms with Gasteiger partial charge in [0, 0.05) is 0 Å². The molecule has 3 aromatic rings. The average molecular weight is 389 g/mol. The van der Waals surface area contributed by atoms with Gasteiger partial charge in [-0.3, -0.25) is 4.79 Å². The van der Waals surface area contributed by atoms with E-state index in [0.29, 0.717) is 21.1 Å². The highest BCUT2D eigenvalue weighted by molar-refractivity contribution is 6.37. The second-order valence-corrected chi connectivity index (χ2v) is 5.91. The first-order valence-electron chi connectivity index (χ1n) is 7.28. The smallest absolute Gasteiger partial charge is 0.349 e. The van der Waals surface area contributed by atoms with Crippen LogP contribution in [0.4, 0.5) is 0 Å². The summed E-state index contributed by atoms with van der Waals surface area (Å²) in [7, 11) is 0. The van der Waals surface area contributed by atoms with E-state index in [1.807, 2.05) is 6.07 Å².